The van der Waals surface area contributed by atoms with E-state index in [-0.39, 0.29) is 23.3 Å². The van der Waals surface area contributed by atoms with Crippen molar-refractivity contribution in [3.8, 4) is 11.3 Å². The van der Waals surface area contributed by atoms with Gasteiger partial charge in [-0.25, -0.2) is 13.8 Å². The number of carbonyl (C=O) groups is 1. The normalized spacial score (nSPS) is 19.6. The van der Waals surface area contributed by atoms with Gasteiger partial charge < -0.3 is 24.6 Å². The Hall–Kier alpha value is -3.14. The molecule has 2 N–H and O–H groups in total. The van der Waals surface area contributed by atoms with Crippen LogP contribution in [-0.2, 0) is 16.1 Å². The Morgan fingerprint density at radius 2 is 1.97 bits per heavy atom. The predicted octanol–water partition coefficient (Wildman–Crippen LogP) is 3.98. The fourth-order valence-electron chi connectivity index (χ4n) is 5.61. The van der Waals surface area contributed by atoms with Gasteiger partial charge >= 0.3 is 0 Å². The van der Waals surface area contributed by atoms with Crippen LogP contribution in [0.4, 0.5) is 8.78 Å². The molecule has 2 saturated heterocycles. The summed E-state index contributed by atoms with van der Waals surface area (Å²) in [6.07, 6.45) is 4.11. The average molecular weight is 538 g/mol. The Morgan fingerprint density at radius 1 is 1.21 bits per heavy atom. The van der Waals surface area contributed by atoms with Crippen LogP contribution >= 0.6 is 0 Å². The second-order valence-electron chi connectivity index (χ2n) is 10.4. The van der Waals surface area contributed by atoms with Gasteiger partial charge in [0, 0.05) is 38.1 Å². The lowest BCUT2D eigenvalue weighted by Crippen LogP contribution is -2.47. The van der Waals surface area contributed by atoms with Crippen molar-refractivity contribution >= 4 is 5.91 Å². The van der Waals surface area contributed by atoms with Crippen LogP contribution in [0.1, 0.15) is 37.2 Å². The molecule has 0 aliphatic carbocycles. The number of aliphatic hydroxyl groups excluding tert-OH is 1. The Labute approximate surface area is 227 Å². The summed E-state index contributed by atoms with van der Waals surface area (Å²) in [5.41, 5.74) is 1.37. The largest absolute Gasteiger partial charge is 0.384 e. The van der Waals surface area contributed by atoms with Gasteiger partial charge in [0.2, 0.25) is 0 Å². The zero-order chi connectivity index (χ0) is 27.4. The summed E-state index contributed by atoms with van der Waals surface area (Å²) in [7, 11) is 0. The molecule has 9 heteroatoms. The first-order valence-electron chi connectivity index (χ1n) is 13.6. The van der Waals surface area contributed by atoms with Gasteiger partial charge in [-0.15, -0.1) is 0 Å². The van der Waals surface area contributed by atoms with Crippen molar-refractivity contribution in [2.75, 3.05) is 32.8 Å². The summed E-state index contributed by atoms with van der Waals surface area (Å²) in [5.74, 6) is -0.783. The molecule has 0 bridgehead atoms. The second-order valence-corrected chi connectivity index (χ2v) is 10.4. The number of aliphatic hydroxyl groups is 1. The van der Waals surface area contributed by atoms with E-state index in [9.17, 15) is 18.7 Å². The van der Waals surface area contributed by atoms with Crippen molar-refractivity contribution in [2.24, 2.45) is 11.8 Å². The molecule has 1 radical (unpaired) electrons. The molecular formula is C30H35F2N4O3. The summed E-state index contributed by atoms with van der Waals surface area (Å²) in [6.45, 7) is 4.95. The molecule has 2 fully saturated rings. The number of nitrogens with zero attached hydrogens (tertiary/aromatic N) is 3. The third kappa shape index (κ3) is 6.37. The molecule has 7 nitrogen and oxygen atoms in total. The monoisotopic (exact) mass is 537 g/mol. The van der Waals surface area contributed by atoms with E-state index in [0.717, 1.165) is 36.9 Å². The first kappa shape index (κ1) is 27.4. The smallest absolute Gasteiger partial charge is 0.251 e. The van der Waals surface area contributed by atoms with Crippen LogP contribution in [0.3, 0.4) is 0 Å². The Morgan fingerprint density at radius 3 is 2.67 bits per heavy atom. The number of benzene rings is 2. The molecule has 2 aromatic carbocycles. The van der Waals surface area contributed by atoms with Crippen LogP contribution in [0.25, 0.3) is 11.3 Å². The summed E-state index contributed by atoms with van der Waals surface area (Å²) >= 11 is 0. The van der Waals surface area contributed by atoms with E-state index in [2.05, 4.69) is 11.7 Å². The van der Waals surface area contributed by atoms with Gasteiger partial charge in [0.15, 0.2) is 0 Å². The lowest BCUT2D eigenvalue weighted by Gasteiger charge is -2.40. The van der Waals surface area contributed by atoms with E-state index in [1.54, 1.807) is 11.1 Å². The Kier molecular flexibility index (Phi) is 8.69. The number of halogens is 2. The first-order valence-corrected chi connectivity index (χ1v) is 13.6. The van der Waals surface area contributed by atoms with Gasteiger partial charge in [0.1, 0.15) is 23.6 Å². The molecule has 3 heterocycles. The van der Waals surface area contributed by atoms with Crippen molar-refractivity contribution in [3.05, 3.63) is 84.2 Å². The molecule has 1 unspecified atom stereocenters. The molecule has 3 atom stereocenters. The number of hydrogen-bond acceptors (Lipinski definition) is 5. The van der Waals surface area contributed by atoms with Crippen LogP contribution < -0.4 is 5.32 Å². The fourth-order valence-corrected chi connectivity index (χ4v) is 5.61. The van der Waals surface area contributed by atoms with E-state index in [4.69, 9.17) is 9.72 Å². The summed E-state index contributed by atoms with van der Waals surface area (Å²) in [5, 5.41) is 13.8. The summed E-state index contributed by atoms with van der Waals surface area (Å²) < 4.78 is 36.7. The minimum absolute atomic E-state index is 0.0120. The second kappa shape index (κ2) is 12.4. The number of ether oxygens (including phenoxy) is 1. The first-order chi connectivity index (χ1) is 18.9. The highest BCUT2D eigenvalue weighted by atomic mass is 19.1. The number of rotatable bonds is 9. The van der Waals surface area contributed by atoms with E-state index < -0.39 is 23.8 Å². The minimum Gasteiger partial charge on any atom is -0.384 e. The summed E-state index contributed by atoms with van der Waals surface area (Å²) in [6, 6.07) is 12.7. The maximum absolute atomic E-state index is 14.9. The highest BCUT2D eigenvalue weighted by Gasteiger charge is 2.39. The SMILES string of the molecule is C[C@H](O)C(=O)N(C[C@H]1[CH]CNC1)C(c1nc(-c2cc(F)ccc2F)cn1Cc1ccccc1)C1CCOCC1. The number of imidazole rings is 1. The third-order valence-corrected chi connectivity index (χ3v) is 7.59. The van der Waals surface area contributed by atoms with Gasteiger partial charge in [0.05, 0.1) is 11.7 Å². The van der Waals surface area contributed by atoms with Gasteiger partial charge in [0.25, 0.3) is 5.91 Å². The van der Waals surface area contributed by atoms with Crippen LogP contribution in [0.5, 0.6) is 0 Å². The van der Waals surface area contributed by atoms with E-state index in [0.29, 0.717) is 50.7 Å². The lowest BCUT2D eigenvalue weighted by atomic mass is 9.88. The van der Waals surface area contributed by atoms with Crippen LogP contribution in [0, 0.1) is 29.9 Å². The number of amides is 1. The Bertz CT molecular complexity index is 1250. The fraction of sp³-hybridized carbons (Fsp3) is 0.433. The van der Waals surface area contributed by atoms with Crippen LogP contribution in [-0.4, -0.2) is 64.4 Å². The van der Waals surface area contributed by atoms with Crippen molar-refractivity contribution in [2.45, 2.75) is 38.5 Å². The zero-order valence-corrected chi connectivity index (χ0v) is 22.1. The van der Waals surface area contributed by atoms with Crippen LogP contribution in [0.2, 0.25) is 0 Å². The Balaban J connectivity index is 1.65. The van der Waals surface area contributed by atoms with Gasteiger partial charge in [-0.1, -0.05) is 30.3 Å². The zero-order valence-electron chi connectivity index (χ0n) is 22.1. The van der Waals surface area contributed by atoms with Crippen molar-refractivity contribution in [1.82, 2.24) is 19.8 Å². The molecular weight excluding hydrogens is 502 g/mol. The molecule has 2 aliphatic rings. The predicted molar refractivity (Wildman–Crippen MR) is 143 cm³/mol. The highest BCUT2D eigenvalue weighted by molar-refractivity contribution is 5.80. The van der Waals surface area contributed by atoms with Gasteiger partial charge in [-0.05, 0) is 74.9 Å². The number of aromatic nitrogens is 2. The molecule has 1 amide bonds. The molecule has 2 aliphatic heterocycles. The molecule has 207 valence electrons. The molecule has 0 spiro atoms. The van der Waals surface area contributed by atoms with E-state index in [1.807, 2.05) is 34.9 Å². The standard InChI is InChI=1S/C30H35F2N4O3/c1-20(37)30(38)36(18-22-9-12-33-16-22)28(23-10-13-39-14-11-23)29-34-27(25-15-24(31)7-8-26(25)32)19-35(29)17-21-5-3-2-4-6-21/h2-9,15,19-20,22-23,28,33,37H,10-14,16-18H2,1H3/t20-,22-,28?/m0/s1. The minimum atomic E-state index is -1.20. The highest BCUT2D eigenvalue weighted by Crippen LogP contribution is 2.38. The van der Waals surface area contributed by atoms with Crippen molar-refractivity contribution < 1.29 is 23.4 Å². The number of nitrogens with one attached hydrogen (secondary N) is 1. The van der Waals surface area contributed by atoms with E-state index in [1.165, 1.54) is 6.92 Å². The maximum atomic E-state index is 14.9. The molecule has 1 aromatic heterocycles. The van der Waals surface area contributed by atoms with E-state index >= 15 is 0 Å². The number of carbonyl (C=O) groups excluding carboxylic acids is 1. The lowest BCUT2D eigenvalue weighted by molar-refractivity contribution is -0.145. The molecule has 5 rings (SSSR count). The quantitative estimate of drug-likeness (QED) is 0.432. The van der Waals surface area contributed by atoms with Crippen LogP contribution in [0.15, 0.2) is 54.7 Å². The third-order valence-electron chi connectivity index (χ3n) is 7.59. The van der Waals surface area contributed by atoms with Crippen molar-refractivity contribution in [1.29, 1.82) is 0 Å². The summed E-state index contributed by atoms with van der Waals surface area (Å²) in [4.78, 5) is 20.3. The average Bonchev–Trinajstić information content (AvgIpc) is 3.61. The molecule has 3 aromatic rings. The van der Waals surface area contributed by atoms with Crippen molar-refractivity contribution in [3.63, 3.8) is 0 Å². The maximum Gasteiger partial charge on any atom is 0.251 e. The van der Waals surface area contributed by atoms with Gasteiger partial charge in [-0.2, -0.15) is 0 Å². The molecule has 0 saturated carbocycles. The number of hydrogen-bond donors (Lipinski definition) is 2. The topological polar surface area (TPSA) is 79.6 Å². The molecule has 39 heavy (non-hydrogen) atoms. The van der Waals surface area contributed by atoms with Gasteiger partial charge in [-0.3, -0.25) is 4.79 Å².